The highest BCUT2D eigenvalue weighted by Crippen LogP contribution is 2.22. The molecule has 3 unspecified atom stereocenters. The molecule has 0 saturated carbocycles. The van der Waals surface area contributed by atoms with Crippen molar-refractivity contribution in [3.8, 4) is 5.75 Å². The van der Waals surface area contributed by atoms with Gasteiger partial charge < -0.3 is 19.9 Å². The minimum atomic E-state index is -0.788. The number of carbonyl (C=O) groups excluding carboxylic acids is 1. The van der Waals surface area contributed by atoms with Crippen LogP contribution < -0.4 is 10.1 Å². The van der Waals surface area contributed by atoms with Crippen LogP contribution >= 0.6 is 0 Å². The molecule has 0 spiro atoms. The number of methoxy groups -OCH3 is 2. The summed E-state index contributed by atoms with van der Waals surface area (Å²) in [5, 5.41) is 13.8. The van der Waals surface area contributed by atoms with Crippen molar-refractivity contribution in [1.82, 2.24) is 5.32 Å². The van der Waals surface area contributed by atoms with Crippen LogP contribution in [0.4, 0.5) is 0 Å². The number of carbonyl (C=O) groups is 1. The Balaban J connectivity index is 2.85. The van der Waals surface area contributed by atoms with Gasteiger partial charge in [-0.3, -0.25) is 4.79 Å². The number of aliphatic hydroxyl groups excluding tert-OH is 1. The van der Waals surface area contributed by atoms with Gasteiger partial charge in [-0.25, -0.2) is 0 Å². The minimum Gasteiger partial charge on any atom is -0.497 e. The number of nitrogens with one attached hydrogen (secondary N) is 1. The van der Waals surface area contributed by atoms with E-state index in [1.54, 1.807) is 31.4 Å². The third-order valence-corrected chi connectivity index (χ3v) is 3.56. The Bertz CT molecular complexity index is 432. The van der Waals surface area contributed by atoms with Crippen LogP contribution in [0, 0.1) is 0 Å². The van der Waals surface area contributed by atoms with Gasteiger partial charge in [0.1, 0.15) is 5.75 Å². The third kappa shape index (κ3) is 5.36. The summed E-state index contributed by atoms with van der Waals surface area (Å²) < 4.78 is 9.81. The number of hydrogen-bond donors (Lipinski definition) is 2. The summed E-state index contributed by atoms with van der Waals surface area (Å²) in [7, 11) is 2.94. The Morgan fingerprint density at radius 1 is 1.29 bits per heavy atom. The van der Waals surface area contributed by atoms with E-state index in [1.165, 1.54) is 7.11 Å². The topological polar surface area (TPSA) is 67.8 Å². The average molecular weight is 295 g/mol. The van der Waals surface area contributed by atoms with Gasteiger partial charge in [0.25, 0.3) is 0 Å². The summed E-state index contributed by atoms with van der Waals surface area (Å²) in [5.41, 5.74) is 0.737. The van der Waals surface area contributed by atoms with Crippen LogP contribution in [-0.4, -0.2) is 37.4 Å². The van der Waals surface area contributed by atoms with Gasteiger partial charge in [-0.1, -0.05) is 19.1 Å². The zero-order valence-corrected chi connectivity index (χ0v) is 13.1. The summed E-state index contributed by atoms with van der Waals surface area (Å²) in [4.78, 5) is 11.5. The molecule has 3 atom stereocenters. The SMILES string of the molecule is CCC(C)NC(CC(=O)OC)C(O)c1ccc(OC)cc1. The van der Waals surface area contributed by atoms with E-state index in [0.717, 1.165) is 17.7 Å². The summed E-state index contributed by atoms with van der Waals surface area (Å²) in [6.07, 6.45) is 0.241. The van der Waals surface area contributed by atoms with Crippen LogP contribution in [0.5, 0.6) is 5.75 Å². The largest absolute Gasteiger partial charge is 0.497 e. The monoisotopic (exact) mass is 295 g/mol. The first-order valence-electron chi connectivity index (χ1n) is 7.16. The molecule has 0 bridgehead atoms. The van der Waals surface area contributed by atoms with Crippen molar-refractivity contribution in [2.24, 2.45) is 0 Å². The summed E-state index contributed by atoms with van der Waals surface area (Å²) in [6.45, 7) is 4.07. The molecule has 0 aromatic heterocycles. The van der Waals surface area contributed by atoms with E-state index in [2.05, 4.69) is 5.32 Å². The van der Waals surface area contributed by atoms with Gasteiger partial charge >= 0.3 is 5.97 Å². The molecule has 1 aromatic carbocycles. The molecule has 0 aliphatic rings. The molecule has 0 fully saturated rings. The fourth-order valence-electron chi connectivity index (χ4n) is 2.04. The molecule has 0 heterocycles. The number of rotatable bonds is 8. The van der Waals surface area contributed by atoms with Crippen molar-refractivity contribution in [2.75, 3.05) is 14.2 Å². The van der Waals surface area contributed by atoms with E-state index in [1.807, 2.05) is 13.8 Å². The van der Waals surface area contributed by atoms with E-state index in [0.29, 0.717) is 0 Å². The van der Waals surface area contributed by atoms with Crippen LogP contribution in [0.3, 0.4) is 0 Å². The fraction of sp³-hybridized carbons (Fsp3) is 0.562. The van der Waals surface area contributed by atoms with Gasteiger partial charge in [0, 0.05) is 12.1 Å². The van der Waals surface area contributed by atoms with Gasteiger partial charge in [-0.05, 0) is 31.0 Å². The second kappa shape index (κ2) is 8.64. The maximum Gasteiger partial charge on any atom is 0.307 e. The average Bonchev–Trinajstić information content (AvgIpc) is 2.53. The second-order valence-corrected chi connectivity index (χ2v) is 5.08. The number of esters is 1. The molecular formula is C16H25NO4. The van der Waals surface area contributed by atoms with Crippen molar-refractivity contribution in [2.45, 2.75) is 44.9 Å². The molecule has 21 heavy (non-hydrogen) atoms. The standard InChI is InChI=1S/C16H25NO4/c1-5-11(2)17-14(10-15(18)21-4)16(19)12-6-8-13(20-3)9-7-12/h6-9,11,14,16-17,19H,5,10H2,1-4H3. The lowest BCUT2D eigenvalue weighted by Crippen LogP contribution is -2.42. The van der Waals surface area contributed by atoms with Gasteiger partial charge in [-0.15, -0.1) is 0 Å². The van der Waals surface area contributed by atoms with Crippen LogP contribution in [-0.2, 0) is 9.53 Å². The zero-order chi connectivity index (χ0) is 15.8. The highest BCUT2D eigenvalue weighted by atomic mass is 16.5. The van der Waals surface area contributed by atoms with Crippen LogP contribution in [0.15, 0.2) is 24.3 Å². The molecule has 1 aromatic rings. The predicted octanol–water partition coefficient (Wildman–Crippen LogP) is 2.05. The van der Waals surface area contributed by atoms with E-state index < -0.39 is 6.10 Å². The van der Waals surface area contributed by atoms with Gasteiger partial charge in [0.2, 0.25) is 0 Å². The smallest absolute Gasteiger partial charge is 0.307 e. The molecule has 0 aliphatic carbocycles. The van der Waals surface area contributed by atoms with E-state index in [4.69, 9.17) is 9.47 Å². The van der Waals surface area contributed by atoms with Crippen LogP contribution in [0.2, 0.25) is 0 Å². The van der Waals surface area contributed by atoms with Crippen molar-refractivity contribution in [3.05, 3.63) is 29.8 Å². The Hall–Kier alpha value is -1.59. The second-order valence-electron chi connectivity index (χ2n) is 5.08. The maximum atomic E-state index is 11.5. The number of aliphatic hydroxyl groups is 1. The van der Waals surface area contributed by atoms with Gasteiger partial charge in [0.15, 0.2) is 0 Å². The van der Waals surface area contributed by atoms with E-state index >= 15 is 0 Å². The molecule has 2 N–H and O–H groups in total. The minimum absolute atomic E-state index is 0.119. The summed E-state index contributed by atoms with van der Waals surface area (Å²) in [5.74, 6) is 0.383. The summed E-state index contributed by atoms with van der Waals surface area (Å²) >= 11 is 0. The first kappa shape index (κ1) is 17.5. The van der Waals surface area contributed by atoms with Gasteiger partial charge in [0.05, 0.1) is 26.7 Å². The van der Waals surface area contributed by atoms with Crippen molar-refractivity contribution in [3.63, 3.8) is 0 Å². The lowest BCUT2D eigenvalue weighted by molar-refractivity contribution is -0.142. The number of benzene rings is 1. The van der Waals surface area contributed by atoms with Crippen LogP contribution in [0.1, 0.15) is 38.4 Å². The van der Waals surface area contributed by atoms with Crippen LogP contribution in [0.25, 0.3) is 0 Å². The fourth-order valence-corrected chi connectivity index (χ4v) is 2.04. The molecule has 0 saturated heterocycles. The Labute approximate surface area is 126 Å². The lowest BCUT2D eigenvalue weighted by atomic mass is 9.98. The predicted molar refractivity (Wildman–Crippen MR) is 81.3 cm³/mol. The molecule has 118 valence electrons. The molecule has 0 radical (unpaired) electrons. The van der Waals surface area contributed by atoms with E-state index in [9.17, 15) is 9.90 Å². The first-order valence-corrected chi connectivity index (χ1v) is 7.16. The molecule has 5 nitrogen and oxygen atoms in total. The summed E-state index contributed by atoms with van der Waals surface area (Å²) in [6, 6.07) is 6.99. The van der Waals surface area contributed by atoms with Crippen molar-refractivity contribution < 1.29 is 19.4 Å². The lowest BCUT2D eigenvalue weighted by Gasteiger charge is -2.26. The quantitative estimate of drug-likeness (QED) is 0.718. The molecular weight excluding hydrogens is 270 g/mol. The Kier molecular flexibility index (Phi) is 7.19. The zero-order valence-electron chi connectivity index (χ0n) is 13.1. The number of hydrogen-bond acceptors (Lipinski definition) is 5. The Morgan fingerprint density at radius 2 is 1.90 bits per heavy atom. The van der Waals surface area contributed by atoms with Gasteiger partial charge in [-0.2, -0.15) is 0 Å². The normalized spacial score (nSPS) is 15.1. The third-order valence-electron chi connectivity index (χ3n) is 3.56. The molecule has 5 heteroatoms. The Morgan fingerprint density at radius 3 is 2.38 bits per heavy atom. The highest BCUT2D eigenvalue weighted by Gasteiger charge is 2.25. The number of ether oxygens (including phenoxy) is 2. The molecule has 1 rings (SSSR count). The maximum absolute atomic E-state index is 11.5. The van der Waals surface area contributed by atoms with Crippen molar-refractivity contribution in [1.29, 1.82) is 0 Å². The van der Waals surface area contributed by atoms with Crippen molar-refractivity contribution >= 4 is 5.97 Å². The highest BCUT2D eigenvalue weighted by molar-refractivity contribution is 5.70. The first-order chi connectivity index (χ1) is 10.0. The molecule has 0 aliphatic heterocycles. The van der Waals surface area contributed by atoms with E-state index in [-0.39, 0.29) is 24.5 Å². The molecule has 0 amide bonds.